The highest BCUT2D eigenvalue weighted by atomic mass is 35.5. The van der Waals surface area contributed by atoms with Crippen LogP contribution in [0.3, 0.4) is 0 Å². The van der Waals surface area contributed by atoms with Gasteiger partial charge in [-0.25, -0.2) is 9.67 Å². The van der Waals surface area contributed by atoms with Crippen LogP contribution in [0.2, 0.25) is 20.1 Å². The third kappa shape index (κ3) is 5.45. The van der Waals surface area contributed by atoms with Gasteiger partial charge in [-0.3, -0.25) is 4.79 Å². The summed E-state index contributed by atoms with van der Waals surface area (Å²) in [6.45, 7) is 1.85. The Morgan fingerprint density at radius 2 is 1.66 bits per heavy atom. The number of nitrogens with zero attached hydrogens (tertiary/aromatic N) is 3. The van der Waals surface area contributed by atoms with Crippen molar-refractivity contribution in [3.05, 3.63) is 79.4 Å². The minimum atomic E-state index is -4.67. The van der Waals surface area contributed by atoms with Gasteiger partial charge in [0.05, 0.1) is 26.1 Å². The first-order valence-corrected chi connectivity index (χ1v) is 11.9. The van der Waals surface area contributed by atoms with Crippen LogP contribution in [0.1, 0.15) is 29.8 Å². The fourth-order valence-corrected chi connectivity index (χ4v) is 4.56. The van der Waals surface area contributed by atoms with Crippen molar-refractivity contribution >= 4 is 63.8 Å². The van der Waals surface area contributed by atoms with Gasteiger partial charge in [-0.05, 0) is 48.7 Å². The third-order valence-corrected chi connectivity index (χ3v) is 7.07. The number of hydrogen-bond donors (Lipinski definition) is 1. The molecule has 1 aromatic heterocycles. The third-order valence-electron chi connectivity index (χ3n) is 5.59. The molecule has 2 atom stereocenters. The van der Waals surface area contributed by atoms with Gasteiger partial charge in [0.1, 0.15) is 5.92 Å². The maximum Gasteiger partial charge on any atom is 0.435 e. The Labute approximate surface area is 218 Å². The Balaban J connectivity index is 1.65. The summed E-state index contributed by atoms with van der Waals surface area (Å²) in [5, 5.41) is 7.89. The molecule has 4 rings (SSSR count). The van der Waals surface area contributed by atoms with Crippen molar-refractivity contribution in [1.29, 1.82) is 0 Å². The highest BCUT2D eigenvalue weighted by molar-refractivity contribution is 6.42. The van der Waals surface area contributed by atoms with E-state index in [1.54, 1.807) is 31.2 Å². The normalized spacial score (nSPS) is 17.7. The maximum atomic E-state index is 13.4. The SMILES string of the molecule is CC1=Nc2cc(C(F)(F)F)nn2C(c2ccc(Cl)c(Cl)c2)C1C(=O)NCCc1ccc(Cl)c(Cl)c1. The van der Waals surface area contributed by atoms with Crippen LogP contribution in [-0.2, 0) is 17.4 Å². The predicted octanol–water partition coefficient (Wildman–Crippen LogP) is 7.19. The number of carbonyl (C=O) groups is 1. The van der Waals surface area contributed by atoms with Crippen LogP contribution in [-0.4, -0.2) is 27.9 Å². The Hall–Kier alpha value is -2.26. The van der Waals surface area contributed by atoms with E-state index in [-0.39, 0.29) is 22.4 Å². The van der Waals surface area contributed by atoms with E-state index in [9.17, 15) is 18.0 Å². The van der Waals surface area contributed by atoms with Crippen molar-refractivity contribution < 1.29 is 18.0 Å². The largest absolute Gasteiger partial charge is 0.435 e. The van der Waals surface area contributed by atoms with E-state index < -0.39 is 29.7 Å². The molecule has 1 N–H and O–H groups in total. The number of aliphatic imine (C=N–C) groups is 1. The summed E-state index contributed by atoms with van der Waals surface area (Å²) >= 11 is 24.2. The molecule has 12 heteroatoms. The Morgan fingerprint density at radius 3 is 2.29 bits per heavy atom. The van der Waals surface area contributed by atoms with Gasteiger partial charge in [-0.15, -0.1) is 0 Å². The van der Waals surface area contributed by atoms with Crippen LogP contribution in [0.5, 0.6) is 0 Å². The van der Waals surface area contributed by atoms with Gasteiger partial charge in [0.15, 0.2) is 11.5 Å². The number of benzene rings is 2. The Bertz CT molecular complexity index is 1320. The number of halogens is 7. The number of carbonyl (C=O) groups excluding carboxylic acids is 1. The molecule has 0 spiro atoms. The molecular formula is C23H17Cl4F3N4O. The van der Waals surface area contributed by atoms with E-state index in [0.29, 0.717) is 27.7 Å². The summed E-state index contributed by atoms with van der Waals surface area (Å²) in [5.41, 5.74) is 0.569. The number of nitrogens with one attached hydrogen (secondary N) is 1. The molecule has 0 bridgehead atoms. The zero-order chi connectivity index (χ0) is 25.5. The monoisotopic (exact) mass is 562 g/mol. The topological polar surface area (TPSA) is 59.3 Å². The minimum Gasteiger partial charge on any atom is -0.355 e. The summed E-state index contributed by atoms with van der Waals surface area (Å²) in [6, 6.07) is 9.74. The van der Waals surface area contributed by atoms with Gasteiger partial charge < -0.3 is 5.32 Å². The van der Waals surface area contributed by atoms with Crippen molar-refractivity contribution in [3.63, 3.8) is 0 Å². The van der Waals surface area contributed by atoms with Crippen molar-refractivity contribution in [2.75, 3.05) is 6.54 Å². The fraction of sp³-hybridized carbons (Fsp3) is 0.261. The molecule has 0 saturated heterocycles. The van der Waals surface area contributed by atoms with Crippen LogP contribution < -0.4 is 5.32 Å². The van der Waals surface area contributed by atoms with Gasteiger partial charge in [0, 0.05) is 18.3 Å². The highest BCUT2D eigenvalue weighted by Crippen LogP contribution is 2.41. The highest BCUT2D eigenvalue weighted by Gasteiger charge is 2.42. The van der Waals surface area contributed by atoms with Gasteiger partial charge in [0.2, 0.25) is 5.91 Å². The maximum absolute atomic E-state index is 13.4. The van der Waals surface area contributed by atoms with Crippen molar-refractivity contribution in [1.82, 2.24) is 15.1 Å². The van der Waals surface area contributed by atoms with Crippen LogP contribution in [0.25, 0.3) is 0 Å². The van der Waals surface area contributed by atoms with E-state index in [1.807, 2.05) is 0 Å². The Kier molecular flexibility index (Phi) is 7.38. The summed E-state index contributed by atoms with van der Waals surface area (Å²) in [6.07, 6.45) is -4.21. The number of fused-ring (bicyclic) bond motifs is 1. The van der Waals surface area contributed by atoms with Gasteiger partial charge >= 0.3 is 6.18 Å². The van der Waals surface area contributed by atoms with Gasteiger partial charge in [0.25, 0.3) is 0 Å². The molecule has 2 unspecified atom stereocenters. The van der Waals surface area contributed by atoms with Crippen molar-refractivity contribution in [3.8, 4) is 0 Å². The van der Waals surface area contributed by atoms with Crippen LogP contribution in [0.4, 0.5) is 19.0 Å². The smallest absolute Gasteiger partial charge is 0.355 e. The van der Waals surface area contributed by atoms with Crippen molar-refractivity contribution in [2.45, 2.75) is 25.6 Å². The second kappa shape index (κ2) is 10.0. The lowest BCUT2D eigenvalue weighted by atomic mass is 9.87. The lowest BCUT2D eigenvalue weighted by Crippen LogP contribution is -2.42. The van der Waals surface area contributed by atoms with Gasteiger partial charge in [-0.2, -0.15) is 18.3 Å². The number of amides is 1. The first kappa shape index (κ1) is 25.8. The molecule has 0 saturated carbocycles. The van der Waals surface area contributed by atoms with E-state index in [2.05, 4.69) is 15.4 Å². The van der Waals surface area contributed by atoms with E-state index in [4.69, 9.17) is 46.4 Å². The summed E-state index contributed by atoms with van der Waals surface area (Å²) in [4.78, 5) is 17.6. The zero-order valence-electron chi connectivity index (χ0n) is 18.0. The number of alkyl halides is 3. The van der Waals surface area contributed by atoms with E-state index in [1.165, 1.54) is 12.1 Å². The predicted molar refractivity (Wildman–Crippen MR) is 131 cm³/mol. The number of rotatable bonds is 5. The molecule has 0 aliphatic carbocycles. The van der Waals surface area contributed by atoms with Crippen LogP contribution in [0, 0.1) is 5.92 Å². The molecule has 5 nitrogen and oxygen atoms in total. The molecule has 3 aromatic rings. The number of hydrogen-bond acceptors (Lipinski definition) is 3. The average Bonchev–Trinajstić information content (AvgIpc) is 3.21. The quantitative estimate of drug-likeness (QED) is 0.357. The lowest BCUT2D eigenvalue weighted by molar-refractivity contribution is -0.141. The first-order valence-electron chi connectivity index (χ1n) is 10.3. The van der Waals surface area contributed by atoms with Crippen molar-refractivity contribution in [2.24, 2.45) is 10.9 Å². The second-order valence-corrected chi connectivity index (χ2v) is 9.60. The summed E-state index contributed by atoms with van der Waals surface area (Å²) in [5.74, 6) is -1.36. The summed E-state index contributed by atoms with van der Waals surface area (Å²) in [7, 11) is 0. The lowest BCUT2D eigenvalue weighted by Gasteiger charge is -2.31. The minimum absolute atomic E-state index is 0.00856. The summed E-state index contributed by atoms with van der Waals surface area (Å²) < 4.78 is 41.3. The number of aromatic nitrogens is 2. The fourth-order valence-electron chi connectivity index (χ4n) is 3.93. The molecule has 2 heterocycles. The van der Waals surface area contributed by atoms with E-state index >= 15 is 0 Å². The first-order chi connectivity index (χ1) is 16.5. The van der Waals surface area contributed by atoms with E-state index in [0.717, 1.165) is 16.3 Å². The van der Waals surface area contributed by atoms with Crippen LogP contribution >= 0.6 is 46.4 Å². The average molecular weight is 564 g/mol. The molecule has 0 fully saturated rings. The molecule has 1 aliphatic heterocycles. The second-order valence-electron chi connectivity index (χ2n) is 7.97. The zero-order valence-corrected chi connectivity index (χ0v) is 21.0. The molecular weight excluding hydrogens is 547 g/mol. The molecule has 1 aliphatic rings. The van der Waals surface area contributed by atoms with Crippen LogP contribution in [0.15, 0.2) is 47.5 Å². The Morgan fingerprint density at radius 1 is 1.00 bits per heavy atom. The van der Waals surface area contributed by atoms with Gasteiger partial charge in [-0.1, -0.05) is 58.5 Å². The standard InChI is InChI=1S/C23H17Cl4F3N4O/c1-11-20(22(35)31-7-6-12-2-4-14(24)16(26)8-12)21(13-3-5-15(25)17(27)9-13)34-19(32-11)10-18(33-34)23(28,29)30/h2-5,8-10,20-21H,6-7H2,1H3,(H,31,35). The molecule has 184 valence electrons. The molecule has 2 aromatic carbocycles. The molecule has 0 radical (unpaired) electrons. The molecule has 35 heavy (non-hydrogen) atoms. The molecule has 1 amide bonds.